The summed E-state index contributed by atoms with van der Waals surface area (Å²) in [6.45, 7) is 1.78. The minimum atomic E-state index is -0.758. The molecule has 1 N–H and O–H groups in total. The summed E-state index contributed by atoms with van der Waals surface area (Å²) in [5.74, 6) is -0.262. The zero-order valence-corrected chi connectivity index (χ0v) is 11.1. The number of aryl methyl sites for hydroxylation is 1. The van der Waals surface area contributed by atoms with Gasteiger partial charge in [-0.3, -0.25) is 0 Å². The maximum absolute atomic E-state index is 11.8. The number of hydrogen-bond donors (Lipinski definition) is 1. The number of aromatic hydroxyl groups is 1. The first-order chi connectivity index (χ1) is 9.65. The molecule has 2 aromatic heterocycles. The van der Waals surface area contributed by atoms with Gasteiger partial charge in [0.2, 0.25) is 5.69 Å². The maximum atomic E-state index is 11.8. The van der Waals surface area contributed by atoms with Gasteiger partial charge in [-0.2, -0.15) is 0 Å². The van der Waals surface area contributed by atoms with E-state index >= 15 is 0 Å². The average Bonchev–Trinajstić information content (AvgIpc) is 2.84. The predicted octanol–water partition coefficient (Wildman–Crippen LogP) is 3.07. The molecule has 8 heteroatoms. The smallest absolute Gasteiger partial charge is 0.368 e. The molecule has 0 spiro atoms. The Morgan fingerprint density at radius 1 is 1.25 bits per heavy atom. The van der Waals surface area contributed by atoms with Gasteiger partial charge in [0.05, 0.1) is 5.39 Å². The molecule has 0 amide bonds. The number of azo groups is 1. The van der Waals surface area contributed by atoms with Crippen molar-refractivity contribution in [2.75, 3.05) is 0 Å². The van der Waals surface area contributed by atoms with E-state index in [9.17, 15) is 9.90 Å². The number of para-hydroxylation sites is 1. The first-order valence-corrected chi connectivity index (χ1v) is 6.43. The molecule has 0 bridgehead atoms. The van der Waals surface area contributed by atoms with Gasteiger partial charge in [0, 0.05) is 0 Å². The van der Waals surface area contributed by atoms with Gasteiger partial charge in [0.15, 0.2) is 5.75 Å². The zero-order chi connectivity index (χ0) is 14.1. The molecule has 0 fully saturated rings. The molecule has 2 heterocycles. The van der Waals surface area contributed by atoms with Crippen molar-refractivity contribution in [1.82, 2.24) is 10.2 Å². The summed E-state index contributed by atoms with van der Waals surface area (Å²) < 4.78 is 5.07. The Hall–Kier alpha value is -2.61. The summed E-state index contributed by atoms with van der Waals surface area (Å²) in [4.78, 5) is 11.8. The van der Waals surface area contributed by atoms with Crippen LogP contribution >= 0.6 is 11.3 Å². The van der Waals surface area contributed by atoms with Gasteiger partial charge < -0.3 is 9.52 Å². The number of benzene rings is 1. The third-order valence-corrected chi connectivity index (χ3v) is 3.24. The van der Waals surface area contributed by atoms with E-state index in [4.69, 9.17) is 4.42 Å². The Morgan fingerprint density at radius 2 is 2.05 bits per heavy atom. The molecule has 0 unspecified atom stereocenters. The van der Waals surface area contributed by atoms with Crippen molar-refractivity contribution in [3.8, 4) is 5.75 Å². The van der Waals surface area contributed by atoms with Gasteiger partial charge in [0.25, 0.3) is 5.13 Å². The van der Waals surface area contributed by atoms with Crippen LogP contribution in [-0.4, -0.2) is 15.3 Å². The largest absolute Gasteiger partial charge is 0.505 e. The molecule has 0 aliphatic carbocycles. The van der Waals surface area contributed by atoms with E-state index in [0.29, 0.717) is 16.1 Å². The van der Waals surface area contributed by atoms with Gasteiger partial charge in [-0.05, 0) is 19.1 Å². The third-order valence-electron chi connectivity index (χ3n) is 2.51. The van der Waals surface area contributed by atoms with Crippen LogP contribution in [0.5, 0.6) is 5.75 Å². The molecule has 0 atom stereocenters. The molecular weight excluding hydrogens is 280 g/mol. The molecule has 3 aromatic rings. The third kappa shape index (κ3) is 2.16. The topological polar surface area (TPSA) is 101 Å². The fourth-order valence-corrected chi connectivity index (χ4v) is 2.14. The lowest BCUT2D eigenvalue weighted by Gasteiger charge is -2.00. The molecule has 3 rings (SSSR count). The Bertz CT molecular complexity index is 869. The Labute approximate surface area is 116 Å². The molecule has 0 radical (unpaired) electrons. The fourth-order valence-electron chi connectivity index (χ4n) is 1.63. The summed E-state index contributed by atoms with van der Waals surface area (Å²) in [5.41, 5.74) is -0.719. The van der Waals surface area contributed by atoms with Crippen molar-refractivity contribution < 1.29 is 9.52 Å². The molecule has 100 valence electrons. The maximum Gasteiger partial charge on any atom is 0.368 e. The van der Waals surface area contributed by atoms with Crippen molar-refractivity contribution in [1.29, 1.82) is 0 Å². The van der Waals surface area contributed by atoms with Crippen molar-refractivity contribution >= 4 is 33.1 Å². The number of nitrogens with zero attached hydrogens (tertiary/aromatic N) is 4. The minimum Gasteiger partial charge on any atom is -0.505 e. The lowest BCUT2D eigenvalue weighted by atomic mass is 10.2. The van der Waals surface area contributed by atoms with Crippen LogP contribution in [0.2, 0.25) is 0 Å². The van der Waals surface area contributed by atoms with Crippen LogP contribution in [0.1, 0.15) is 5.01 Å². The first-order valence-electron chi connectivity index (χ1n) is 5.62. The second kappa shape index (κ2) is 4.82. The van der Waals surface area contributed by atoms with Crippen LogP contribution in [-0.2, 0) is 0 Å². The lowest BCUT2D eigenvalue weighted by molar-refractivity contribution is 0.469. The average molecular weight is 288 g/mol. The number of rotatable bonds is 2. The monoisotopic (exact) mass is 288 g/mol. The van der Waals surface area contributed by atoms with Gasteiger partial charge in [-0.1, -0.05) is 23.5 Å². The van der Waals surface area contributed by atoms with Crippen LogP contribution < -0.4 is 5.63 Å². The fraction of sp³-hybridized carbons (Fsp3) is 0.0833. The number of aromatic nitrogens is 2. The Balaban J connectivity index is 2.12. The highest BCUT2D eigenvalue weighted by Gasteiger charge is 2.13. The van der Waals surface area contributed by atoms with Crippen LogP contribution in [0.3, 0.4) is 0 Å². The van der Waals surface area contributed by atoms with Crippen molar-refractivity contribution in [2.45, 2.75) is 6.92 Å². The molecule has 20 heavy (non-hydrogen) atoms. The van der Waals surface area contributed by atoms with Gasteiger partial charge in [-0.25, -0.2) is 4.79 Å². The van der Waals surface area contributed by atoms with Crippen molar-refractivity contribution in [2.24, 2.45) is 10.2 Å². The Kier molecular flexibility index (Phi) is 2.99. The molecule has 0 aliphatic rings. The van der Waals surface area contributed by atoms with E-state index in [0.717, 1.165) is 5.01 Å². The highest BCUT2D eigenvalue weighted by atomic mass is 32.1. The predicted molar refractivity (Wildman–Crippen MR) is 73.0 cm³/mol. The van der Waals surface area contributed by atoms with E-state index < -0.39 is 5.63 Å². The highest BCUT2D eigenvalue weighted by Crippen LogP contribution is 2.32. The second-order valence-corrected chi connectivity index (χ2v) is 5.05. The van der Waals surface area contributed by atoms with E-state index in [2.05, 4.69) is 20.4 Å². The second-order valence-electron chi connectivity index (χ2n) is 3.89. The van der Waals surface area contributed by atoms with Gasteiger partial charge >= 0.3 is 5.63 Å². The summed E-state index contributed by atoms with van der Waals surface area (Å²) in [7, 11) is 0. The standard InChI is InChI=1S/C12H8N4O3S/c1-6-13-15-12(20-6)16-14-9-10(17)7-4-2-3-5-8(7)19-11(9)18/h2-5,17H,1H3. The lowest BCUT2D eigenvalue weighted by Crippen LogP contribution is -1.98. The van der Waals surface area contributed by atoms with E-state index in [1.165, 1.54) is 11.3 Å². The molecule has 7 nitrogen and oxygen atoms in total. The van der Waals surface area contributed by atoms with E-state index in [1.54, 1.807) is 31.2 Å². The van der Waals surface area contributed by atoms with Crippen LogP contribution in [0, 0.1) is 6.92 Å². The normalized spacial score (nSPS) is 11.4. The highest BCUT2D eigenvalue weighted by molar-refractivity contribution is 7.14. The summed E-state index contributed by atoms with van der Waals surface area (Å²) in [6, 6.07) is 6.64. The van der Waals surface area contributed by atoms with Crippen LogP contribution in [0.4, 0.5) is 10.8 Å². The van der Waals surface area contributed by atoms with E-state index in [-0.39, 0.29) is 11.4 Å². The quantitative estimate of drug-likeness (QED) is 0.576. The number of fused-ring (bicyclic) bond motifs is 1. The molecule has 0 saturated heterocycles. The van der Waals surface area contributed by atoms with Gasteiger partial charge in [-0.15, -0.1) is 20.4 Å². The molecule has 1 aromatic carbocycles. The summed E-state index contributed by atoms with van der Waals surface area (Å²) >= 11 is 1.23. The molecular formula is C12H8N4O3S. The minimum absolute atomic E-state index is 0.253. The van der Waals surface area contributed by atoms with Crippen LogP contribution in [0.25, 0.3) is 11.0 Å². The molecule has 0 saturated carbocycles. The zero-order valence-electron chi connectivity index (χ0n) is 10.3. The Morgan fingerprint density at radius 3 is 2.80 bits per heavy atom. The van der Waals surface area contributed by atoms with Gasteiger partial charge in [0.1, 0.15) is 10.6 Å². The molecule has 0 aliphatic heterocycles. The van der Waals surface area contributed by atoms with Crippen molar-refractivity contribution in [3.05, 3.63) is 39.7 Å². The summed E-state index contributed by atoms with van der Waals surface area (Å²) in [6.07, 6.45) is 0. The van der Waals surface area contributed by atoms with Crippen LogP contribution in [0.15, 0.2) is 43.7 Å². The SMILES string of the molecule is Cc1nnc(N=Nc2c(O)c3ccccc3oc2=O)s1. The number of hydrogen-bond acceptors (Lipinski definition) is 8. The van der Waals surface area contributed by atoms with E-state index in [1.807, 2.05) is 0 Å². The first kappa shape index (κ1) is 12.4. The van der Waals surface area contributed by atoms with Crippen molar-refractivity contribution in [3.63, 3.8) is 0 Å². The summed E-state index contributed by atoms with van der Waals surface area (Å²) in [5, 5.41) is 26.5.